The van der Waals surface area contributed by atoms with E-state index in [1.165, 1.54) is 18.2 Å². The fourth-order valence-electron chi connectivity index (χ4n) is 0.801. The van der Waals surface area contributed by atoms with Gasteiger partial charge in [0.25, 0.3) is 0 Å². The lowest BCUT2D eigenvalue weighted by Crippen LogP contribution is -2.12. The molecular formula is C6H6NO4PS. The molecular weight excluding hydrogens is 213 g/mol. The van der Waals surface area contributed by atoms with Gasteiger partial charge in [-0.2, -0.15) is 0 Å². The normalized spacial score (nSPS) is 11.5. The van der Waals surface area contributed by atoms with Crippen molar-refractivity contribution >= 4 is 18.7 Å². The minimum absolute atomic E-state index is 0.0262. The van der Waals surface area contributed by atoms with Crippen LogP contribution in [-0.4, -0.2) is 8.42 Å². The number of para-hydroxylation sites is 1. The first-order valence-corrected chi connectivity index (χ1v) is 5.45. The third-order valence-corrected chi connectivity index (χ3v) is 2.51. The van der Waals surface area contributed by atoms with Crippen LogP contribution in [0.5, 0.6) is 5.75 Å². The second kappa shape index (κ2) is 3.83. The van der Waals surface area contributed by atoms with E-state index in [-0.39, 0.29) is 10.6 Å². The van der Waals surface area contributed by atoms with E-state index in [0.29, 0.717) is 0 Å². The minimum atomic E-state index is -3.82. The van der Waals surface area contributed by atoms with E-state index < -0.39 is 18.7 Å². The second-order valence-electron chi connectivity index (χ2n) is 2.16. The molecule has 0 amide bonds. The highest BCUT2D eigenvalue weighted by Gasteiger charge is 2.13. The lowest BCUT2D eigenvalue weighted by Gasteiger charge is -2.02. The van der Waals surface area contributed by atoms with E-state index in [1.807, 2.05) is 0 Å². The van der Waals surface area contributed by atoms with Crippen LogP contribution in [0.3, 0.4) is 0 Å². The molecule has 5 nitrogen and oxygen atoms in total. The highest BCUT2D eigenvalue weighted by atomic mass is 32.2. The van der Waals surface area contributed by atoms with Gasteiger partial charge in [0.15, 0.2) is 5.75 Å². The summed E-state index contributed by atoms with van der Waals surface area (Å²) in [7, 11) is -4.45. The lowest BCUT2D eigenvalue weighted by molar-refractivity contribution is 0.516. The van der Waals surface area contributed by atoms with Gasteiger partial charge in [-0.15, -0.1) is 0 Å². The van der Waals surface area contributed by atoms with Gasteiger partial charge in [-0.3, -0.25) is 0 Å². The molecule has 0 spiro atoms. The van der Waals surface area contributed by atoms with Crippen LogP contribution in [0.4, 0.5) is 0 Å². The number of benzene rings is 1. The van der Waals surface area contributed by atoms with Crippen molar-refractivity contribution in [3.63, 3.8) is 0 Å². The molecule has 1 aromatic carbocycles. The third-order valence-electron chi connectivity index (χ3n) is 1.29. The van der Waals surface area contributed by atoms with Gasteiger partial charge < -0.3 is 4.52 Å². The van der Waals surface area contributed by atoms with Gasteiger partial charge in [0, 0.05) is 0 Å². The Labute approximate surface area is 76.9 Å². The highest BCUT2D eigenvalue weighted by Crippen LogP contribution is 2.24. The minimum Gasteiger partial charge on any atom is -0.406 e. The van der Waals surface area contributed by atoms with Gasteiger partial charge in [-0.25, -0.2) is 18.1 Å². The predicted octanol–water partition coefficient (Wildman–Crippen LogP) is 0.920. The van der Waals surface area contributed by atoms with Gasteiger partial charge in [0.1, 0.15) is 4.90 Å². The Balaban J connectivity index is 3.28. The molecule has 0 unspecified atom stereocenters. The van der Waals surface area contributed by atoms with E-state index in [0.717, 1.165) is 0 Å². The molecule has 1 aromatic rings. The predicted molar refractivity (Wildman–Crippen MR) is 46.0 cm³/mol. The molecule has 0 heterocycles. The summed E-state index contributed by atoms with van der Waals surface area (Å²) < 4.78 is 36.5. The van der Waals surface area contributed by atoms with E-state index in [4.69, 9.17) is 5.14 Å². The van der Waals surface area contributed by atoms with Crippen LogP contribution in [0.15, 0.2) is 29.2 Å². The maximum atomic E-state index is 10.9. The average Bonchev–Trinajstić information content (AvgIpc) is 2.04. The Bertz CT molecular complexity index is 416. The summed E-state index contributed by atoms with van der Waals surface area (Å²) in [6.07, 6.45) is 0. The molecule has 7 heteroatoms. The molecule has 0 aliphatic rings. The fourth-order valence-corrected chi connectivity index (χ4v) is 1.76. The van der Waals surface area contributed by atoms with E-state index in [2.05, 4.69) is 4.52 Å². The Morgan fingerprint density at radius 3 is 2.46 bits per heavy atom. The highest BCUT2D eigenvalue weighted by molar-refractivity contribution is 7.89. The van der Waals surface area contributed by atoms with Crippen LogP contribution in [0.1, 0.15) is 0 Å². The topological polar surface area (TPSA) is 86.5 Å². The first-order chi connectivity index (χ1) is 6.05. The Morgan fingerprint density at radius 2 is 1.92 bits per heavy atom. The van der Waals surface area contributed by atoms with Crippen molar-refractivity contribution in [2.24, 2.45) is 5.14 Å². The number of hydrogen-bond donors (Lipinski definition) is 1. The van der Waals surface area contributed by atoms with Gasteiger partial charge >= 0.3 is 8.69 Å². The summed E-state index contributed by atoms with van der Waals surface area (Å²) in [6, 6.07) is 5.68. The SMILES string of the molecule is NS(=O)(=O)c1ccccc1OP=O. The molecule has 0 aliphatic carbocycles. The largest absolute Gasteiger partial charge is 0.406 e. The summed E-state index contributed by atoms with van der Waals surface area (Å²) in [5.41, 5.74) is 0. The fraction of sp³-hybridized carbons (Fsp3) is 0. The van der Waals surface area contributed by atoms with Crippen molar-refractivity contribution in [3.05, 3.63) is 24.3 Å². The summed E-state index contributed by atoms with van der Waals surface area (Å²) >= 11 is 0. The molecule has 0 saturated carbocycles. The molecule has 13 heavy (non-hydrogen) atoms. The number of hydrogen-bond acceptors (Lipinski definition) is 4. The maximum absolute atomic E-state index is 10.9. The maximum Gasteiger partial charge on any atom is 0.395 e. The van der Waals surface area contributed by atoms with Gasteiger partial charge in [-0.05, 0) is 12.1 Å². The first kappa shape index (κ1) is 10.1. The Hall–Kier alpha value is -0.970. The van der Waals surface area contributed by atoms with Crippen molar-refractivity contribution in [2.75, 3.05) is 0 Å². The monoisotopic (exact) mass is 219 g/mol. The molecule has 0 aromatic heterocycles. The van der Waals surface area contributed by atoms with Crippen LogP contribution in [0.25, 0.3) is 0 Å². The molecule has 0 saturated heterocycles. The van der Waals surface area contributed by atoms with E-state index in [9.17, 15) is 13.0 Å². The van der Waals surface area contributed by atoms with Crippen LogP contribution < -0.4 is 9.66 Å². The van der Waals surface area contributed by atoms with Crippen molar-refractivity contribution in [1.29, 1.82) is 0 Å². The Morgan fingerprint density at radius 1 is 1.31 bits per heavy atom. The van der Waals surface area contributed by atoms with E-state index >= 15 is 0 Å². The van der Waals surface area contributed by atoms with Crippen molar-refractivity contribution in [3.8, 4) is 5.75 Å². The zero-order chi connectivity index (χ0) is 9.90. The zero-order valence-corrected chi connectivity index (χ0v) is 8.09. The molecule has 70 valence electrons. The summed E-state index contributed by atoms with van der Waals surface area (Å²) in [4.78, 5) is -0.182. The number of rotatable bonds is 3. The summed E-state index contributed by atoms with van der Waals surface area (Å²) in [5, 5.41) is 4.87. The number of primary sulfonamides is 1. The second-order valence-corrected chi connectivity index (χ2v) is 4.02. The first-order valence-electron chi connectivity index (χ1n) is 3.17. The third kappa shape index (κ3) is 2.48. The van der Waals surface area contributed by atoms with Crippen LogP contribution in [-0.2, 0) is 14.6 Å². The van der Waals surface area contributed by atoms with Gasteiger partial charge in [0.05, 0.1) is 0 Å². The molecule has 1 rings (SSSR count). The van der Waals surface area contributed by atoms with Crippen molar-refractivity contribution in [2.45, 2.75) is 4.90 Å². The Kier molecular flexibility index (Phi) is 2.98. The van der Waals surface area contributed by atoms with Crippen LogP contribution >= 0.6 is 8.69 Å². The molecule has 0 atom stereocenters. The molecule has 0 radical (unpaired) electrons. The summed E-state index contributed by atoms with van der Waals surface area (Å²) in [6.45, 7) is 0. The summed E-state index contributed by atoms with van der Waals surface area (Å²) in [5.74, 6) is -0.0262. The number of sulfonamides is 1. The zero-order valence-electron chi connectivity index (χ0n) is 6.38. The van der Waals surface area contributed by atoms with Gasteiger partial charge in [-0.1, -0.05) is 12.1 Å². The van der Waals surface area contributed by atoms with E-state index in [1.54, 1.807) is 6.07 Å². The quantitative estimate of drug-likeness (QED) is 0.765. The smallest absolute Gasteiger partial charge is 0.395 e. The van der Waals surface area contributed by atoms with Crippen LogP contribution in [0, 0.1) is 0 Å². The van der Waals surface area contributed by atoms with Gasteiger partial charge in [0.2, 0.25) is 10.0 Å². The average molecular weight is 219 g/mol. The molecule has 0 aliphatic heterocycles. The molecule has 0 fully saturated rings. The van der Waals surface area contributed by atoms with Crippen molar-refractivity contribution < 1.29 is 17.5 Å². The van der Waals surface area contributed by atoms with Crippen molar-refractivity contribution in [1.82, 2.24) is 0 Å². The molecule has 2 N–H and O–H groups in total. The lowest BCUT2D eigenvalue weighted by atomic mass is 10.3. The standard InChI is InChI=1S/C6H6NO4PS/c7-13(9,10)6-4-2-1-3-5(6)11-12-8/h1-4H,(H2,7,9,10). The van der Waals surface area contributed by atoms with Crippen LogP contribution in [0.2, 0.25) is 0 Å². The number of nitrogens with two attached hydrogens (primary N) is 1. The molecule has 0 bridgehead atoms.